The van der Waals surface area contributed by atoms with Crippen molar-refractivity contribution in [2.75, 3.05) is 19.7 Å². The SMILES string of the molecule is C=CCOC(=O)N[C@@H](Cc1ccc(C(=N)N)cc1)C(=O)N[C@@H](CCC(=O)O)C(=O)N[C@@H](CC(=O)NCCc1ccccc1)C(=O)NCC(=O)O. The number of hydrogen-bond donors (Lipinski definition) is 9. The Labute approximate surface area is 287 Å². The molecule has 0 bridgehead atoms. The maximum Gasteiger partial charge on any atom is 0.408 e. The summed E-state index contributed by atoms with van der Waals surface area (Å²) >= 11 is 0. The second kappa shape index (κ2) is 20.9. The van der Waals surface area contributed by atoms with E-state index in [4.69, 9.17) is 21.0 Å². The van der Waals surface area contributed by atoms with Crippen LogP contribution >= 0.6 is 0 Å². The Kier molecular flexibility index (Phi) is 16.7. The summed E-state index contributed by atoms with van der Waals surface area (Å²) in [6.07, 6.45) is -1.03. The predicted molar refractivity (Wildman–Crippen MR) is 179 cm³/mol. The van der Waals surface area contributed by atoms with Gasteiger partial charge >= 0.3 is 18.0 Å². The van der Waals surface area contributed by atoms with E-state index in [1.807, 2.05) is 30.3 Å². The molecule has 10 N–H and O–H groups in total. The number of nitrogens with one attached hydrogen (secondary N) is 6. The van der Waals surface area contributed by atoms with E-state index in [2.05, 4.69) is 33.2 Å². The minimum absolute atomic E-state index is 0.135. The molecule has 0 aliphatic heterocycles. The molecule has 0 saturated carbocycles. The summed E-state index contributed by atoms with van der Waals surface area (Å²) in [5.41, 5.74) is 7.35. The van der Waals surface area contributed by atoms with Crippen molar-refractivity contribution < 1.29 is 48.5 Å². The zero-order valence-electron chi connectivity index (χ0n) is 27.1. The van der Waals surface area contributed by atoms with Crippen molar-refractivity contribution in [2.24, 2.45) is 5.73 Å². The van der Waals surface area contributed by atoms with Gasteiger partial charge in [0.1, 0.15) is 37.1 Å². The van der Waals surface area contributed by atoms with Crippen LogP contribution in [0.15, 0.2) is 67.3 Å². The molecule has 0 saturated heterocycles. The molecule has 17 nitrogen and oxygen atoms in total. The smallest absolute Gasteiger partial charge is 0.408 e. The van der Waals surface area contributed by atoms with Crippen LogP contribution in [0.5, 0.6) is 0 Å². The van der Waals surface area contributed by atoms with Gasteiger partial charge in [0, 0.05) is 24.9 Å². The van der Waals surface area contributed by atoms with Crippen LogP contribution in [-0.4, -0.2) is 95.5 Å². The number of amides is 5. The minimum atomic E-state index is -1.61. The molecule has 2 aromatic rings. The molecule has 0 unspecified atom stereocenters. The lowest BCUT2D eigenvalue weighted by Crippen LogP contribution is -2.58. The first-order chi connectivity index (χ1) is 23.8. The second-order valence-electron chi connectivity index (χ2n) is 10.9. The lowest BCUT2D eigenvalue weighted by atomic mass is 10.0. The van der Waals surface area contributed by atoms with Crippen LogP contribution < -0.4 is 32.3 Å². The average Bonchev–Trinajstić information content (AvgIpc) is 3.07. The van der Waals surface area contributed by atoms with Crippen LogP contribution in [0.2, 0.25) is 0 Å². The van der Waals surface area contributed by atoms with E-state index in [1.54, 1.807) is 12.1 Å². The molecule has 0 aromatic heterocycles. The molecule has 0 heterocycles. The van der Waals surface area contributed by atoms with E-state index in [9.17, 15) is 38.7 Å². The number of nitrogens with two attached hydrogens (primary N) is 1. The molecule has 0 spiro atoms. The largest absolute Gasteiger partial charge is 0.481 e. The van der Waals surface area contributed by atoms with Gasteiger partial charge in [-0.1, -0.05) is 67.3 Å². The van der Waals surface area contributed by atoms with Crippen LogP contribution in [0.3, 0.4) is 0 Å². The van der Waals surface area contributed by atoms with Gasteiger partial charge in [-0.05, 0) is 24.0 Å². The average molecular weight is 696 g/mol. The number of aliphatic carboxylic acids is 2. The lowest BCUT2D eigenvalue weighted by Gasteiger charge is -2.25. The van der Waals surface area contributed by atoms with Crippen LogP contribution in [0.25, 0.3) is 0 Å². The van der Waals surface area contributed by atoms with Crippen molar-refractivity contribution in [1.82, 2.24) is 26.6 Å². The zero-order valence-corrected chi connectivity index (χ0v) is 27.1. The fraction of sp³-hybridized carbons (Fsp3) is 0.333. The molecule has 268 valence electrons. The highest BCUT2D eigenvalue weighted by atomic mass is 16.5. The number of ether oxygens (including phenoxy) is 1. The molecule has 0 fully saturated rings. The highest BCUT2D eigenvalue weighted by molar-refractivity contribution is 5.97. The Morgan fingerprint density at radius 3 is 2.04 bits per heavy atom. The van der Waals surface area contributed by atoms with E-state index in [1.165, 1.54) is 18.2 Å². The Balaban J connectivity index is 2.25. The zero-order chi connectivity index (χ0) is 37.1. The quantitative estimate of drug-likeness (QED) is 0.0459. The summed E-state index contributed by atoms with van der Waals surface area (Å²) in [6.45, 7) is 2.64. The van der Waals surface area contributed by atoms with Crippen LogP contribution in [0.4, 0.5) is 4.79 Å². The summed E-state index contributed by atoms with van der Waals surface area (Å²) in [7, 11) is 0. The third-order valence-corrected chi connectivity index (χ3v) is 6.94. The summed E-state index contributed by atoms with van der Waals surface area (Å²) in [4.78, 5) is 87.5. The highest BCUT2D eigenvalue weighted by Crippen LogP contribution is 2.09. The van der Waals surface area contributed by atoms with Crippen LogP contribution in [0, 0.1) is 5.41 Å². The monoisotopic (exact) mass is 695 g/mol. The number of carboxylic acids is 2. The predicted octanol–water partition coefficient (Wildman–Crippen LogP) is -0.422. The van der Waals surface area contributed by atoms with Crippen molar-refractivity contribution in [3.8, 4) is 0 Å². The van der Waals surface area contributed by atoms with Crippen molar-refractivity contribution in [3.63, 3.8) is 0 Å². The molecular formula is C33H41N7O10. The number of hydrogen-bond acceptors (Lipinski definition) is 9. The second-order valence-corrected chi connectivity index (χ2v) is 10.9. The van der Waals surface area contributed by atoms with Crippen molar-refractivity contribution in [2.45, 2.75) is 50.2 Å². The number of benzene rings is 2. The fourth-order valence-corrected chi connectivity index (χ4v) is 4.41. The first-order valence-corrected chi connectivity index (χ1v) is 15.4. The Hall–Kier alpha value is -6.26. The summed E-state index contributed by atoms with van der Waals surface area (Å²) in [5, 5.41) is 37.7. The van der Waals surface area contributed by atoms with Gasteiger partial charge in [0.05, 0.1) is 6.42 Å². The van der Waals surface area contributed by atoms with Crippen LogP contribution in [-0.2, 0) is 46.3 Å². The molecule has 2 rings (SSSR count). The van der Waals surface area contributed by atoms with Gasteiger partial charge in [0.25, 0.3) is 0 Å². The molecule has 5 amide bonds. The van der Waals surface area contributed by atoms with E-state index in [0.717, 1.165) is 5.56 Å². The molecule has 3 atom stereocenters. The molecule has 2 aromatic carbocycles. The molecule has 0 aliphatic carbocycles. The minimum Gasteiger partial charge on any atom is -0.481 e. The van der Waals surface area contributed by atoms with E-state index in [0.29, 0.717) is 17.5 Å². The highest BCUT2D eigenvalue weighted by Gasteiger charge is 2.31. The third-order valence-electron chi connectivity index (χ3n) is 6.94. The summed E-state index contributed by atoms with van der Waals surface area (Å²) in [6, 6.07) is 10.8. The maximum atomic E-state index is 13.5. The molecule has 50 heavy (non-hydrogen) atoms. The van der Waals surface area contributed by atoms with Gasteiger partial charge in [0.15, 0.2) is 0 Å². The Morgan fingerprint density at radius 2 is 1.44 bits per heavy atom. The summed E-state index contributed by atoms with van der Waals surface area (Å²) < 4.78 is 4.93. The fourth-order valence-electron chi connectivity index (χ4n) is 4.41. The first-order valence-electron chi connectivity index (χ1n) is 15.4. The number of alkyl carbamates (subject to hydrolysis) is 1. The molecule has 17 heteroatoms. The standard InChI is InChI=1S/C33H41N7O10/c1-2-16-50-33(49)40-24(17-21-8-10-22(11-9-21)29(34)35)32(48)38-23(12-13-27(42)43)31(47)39-25(30(46)37-19-28(44)45)18-26(41)36-15-14-20-6-4-3-5-7-20/h2-11,23-25H,1,12-19H2,(H3,34,35)(H,36,41)(H,37,46)(H,38,48)(H,39,47)(H,40,49)(H,42,43)(H,44,45)/t23-,24-,25-/m0/s1. The van der Waals surface area contributed by atoms with Gasteiger partial charge in [-0.2, -0.15) is 0 Å². The maximum absolute atomic E-state index is 13.5. The number of carboxylic acid groups (broad SMARTS) is 2. The van der Waals surface area contributed by atoms with Crippen molar-refractivity contribution in [1.29, 1.82) is 5.41 Å². The molecular weight excluding hydrogens is 654 g/mol. The topological polar surface area (TPSA) is 279 Å². The van der Waals surface area contributed by atoms with Gasteiger partial charge in [-0.3, -0.25) is 34.2 Å². The first kappa shape index (κ1) is 39.9. The molecule has 0 aliphatic rings. The lowest BCUT2D eigenvalue weighted by molar-refractivity contribution is -0.139. The van der Waals surface area contributed by atoms with Crippen molar-refractivity contribution >= 4 is 47.5 Å². The van der Waals surface area contributed by atoms with Crippen molar-refractivity contribution in [3.05, 3.63) is 83.9 Å². The normalized spacial score (nSPS) is 12.2. The van der Waals surface area contributed by atoms with E-state index < -0.39 is 85.6 Å². The summed E-state index contributed by atoms with van der Waals surface area (Å²) in [5.74, 6) is -6.52. The van der Waals surface area contributed by atoms with Gasteiger partial charge in [-0.25, -0.2) is 4.79 Å². The molecule has 0 radical (unpaired) electrons. The van der Waals surface area contributed by atoms with Crippen LogP contribution in [0.1, 0.15) is 36.0 Å². The number of carbonyl (C=O) groups is 7. The number of nitrogen functional groups attached to an aromatic ring is 1. The number of rotatable bonds is 21. The number of carbonyl (C=O) groups excluding carboxylic acids is 5. The number of amidine groups is 1. The Bertz CT molecular complexity index is 1530. The van der Waals surface area contributed by atoms with E-state index in [-0.39, 0.29) is 25.4 Å². The van der Waals surface area contributed by atoms with E-state index >= 15 is 0 Å². The van der Waals surface area contributed by atoms with Gasteiger partial charge < -0.3 is 47.3 Å². The van der Waals surface area contributed by atoms with Gasteiger partial charge in [-0.15, -0.1) is 0 Å². The third kappa shape index (κ3) is 15.1. The van der Waals surface area contributed by atoms with Gasteiger partial charge in [0.2, 0.25) is 23.6 Å². The Morgan fingerprint density at radius 1 is 0.800 bits per heavy atom.